The summed E-state index contributed by atoms with van der Waals surface area (Å²) in [6.07, 6.45) is 3.03. The summed E-state index contributed by atoms with van der Waals surface area (Å²) in [4.78, 5) is 33.2. The molecule has 0 bridgehead atoms. The number of carbonyl (C=O) groups excluding carboxylic acids is 2. The molecule has 7 heteroatoms. The van der Waals surface area contributed by atoms with Crippen LogP contribution in [-0.4, -0.2) is 41.3 Å². The second kappa shape index (κ2) is 13.4. The van der Waals surface area contributed by atoms with Gasteiger partial charge in [-0.2, -0.15) is 0 Å². The molecule has 3 aromatic rings. The van der Waals surface area contributed by atoms with E-state index in [1.165, 1.54) is 0 Å². The monoisotopic (exact) mass is 571 g/mol. The van der Waals surface area contributed by atoms with Gasteiger partial charge in [0.05, 0.1) is 12.1 Å². The molecule has 1 aromatic heterocycles. The van der Waals surface area contributed by atoms with Gasteiger partial charge in [-0.05, 0) is 94.5 Å². The Hall–Kier alpha value is -3.87. The van der Waals surface area contributed by atoms with Crippen molar-refractivity contribution in [3.8, 4) is 16.9 Å². The highest BCUT2D eigenvalue weighted by Crippen LogP contribution is 2.48. The fourth-order valence-electron chi connectivity index (χ4n) is 5.05. The van der Waals surface area contributed by atoms with Crippen molar-refractivity contribution in [2.75, 3.05) is 11.4 Å². The van der Waals surface area contributed by atoms with Crippen molar-refractivity contribution in [2.24, 2.45) is 11.8 Å². The molecule has 42 heavy (non-hydrogen) atoms. The Bertz CT molecular complexity index is 1320. The molecule has 1 N–H and O–H groups in total. The lowest BCUT2D eigenvalue weighted by atomic mass is 9.98. The minimum atomic E-state index is -0.613. The number of hydrogen-bond acceptors (Lipinski definition) is 5. The second-order valence-corrected chi connectivity index (χ2v) is 12.5. The number of nitrogens with one attached hydrogen (secondary N) is 1. The summed E-state index contributed by atoms with van der Waals surface area (Å²) in [7, 11) is 0. The Labute approximate surface area is 250 Å². The van der Waals surface area contributed by atoms with E-state index in [1.54, 1.807) is 6.20 Å². The van der Waals surface area contributed by atoms with E-state index in [2.05, 4.69) is 24.1 Å². The van der Waals surface area contributed by atoms with Gasteiger partial charge in [0, 0.05) is 36.0 Å². The van der Waals surface area contributed by atoms with Crippen molar-refractivity contribution < 1.29 is 19.1 Å². The fourth-order valence-corrected chi connectivity index (χ4v) is 5.05. The van der Waals surface area contributed by atoms with Gasteiger partial charge in [-0.15, -0.1) is 0 Å². The summed E-state index contributed by atoms with van der Waals surface area (Å²) in [6.45, 7) is 14.1. The molecule has 1 heterocycles. The van der Waals surface area contributed by atoms with Crippen LogP contribution in [0.2, 0.25) is 0 Å². The molecule has 0 radical (unpaired) electrons. The van der Waals surface area contributed by atoms with Crippen molar-refractivity contribution in [2.45, 2.75) is 85.0 Å². The van der Waals surface area contributed by atoms with E-state index in [0.29, 0.717) is 6.54 Å². The molecule has 0 aliphatic heterocycles. The molecule has 4 atom stereocenters. The minimum absolute atomic E-state index is 0.0490. The quantitative estimate of drug-likeness (QED) is 0.256. The van der Waals surface area contributed by atoms with Gasteiger partial charge in [0.1, 0.15) is 11.4 Å². The molecule has 4 rings (SSSR count). The minimum Gasteiger partial charge on any atom is -0.491 e. The van der Waals surface area contributed by atoms with Gasteiger partial charge < -0.3 is 19.7 Å². The number of rotatable bonds is 11. The average Bonchev–Trinajstić information content (AvgIpc) is 3.75. The summed E-state index contributed by atoms with van der Waals surface area (Å²) in [5, 5.41) is 3.06. The molecular weight excluding hydrogens is 526 g/mol. The fraction of sp³-hybridized carbons (Fsp3) is 0.457. The van der Waals surface area contributed by atoms with Gasteiger partial charge in [0.2, 0.25) is 5.91 Å². The van der Waals surface area contributed by atoms with Crippen LogP contribution in [0.4, 0.5) is 10.5 Å². The topological polar surface area (TPSA) is 80.8 Å². The highest BCUT2D eigenvalue weighted by Gasteiger charge is 2.47. The number of ether oxygens (including phenoxy) is 2. The summed E-state index contributed by atoms with van der Waals surface area (Å²) < 4.78 is 11.4. The Morgan fingerprint density at radius 1 is 0.976 bits per heavy atom. The van der Waals surface area contributed by atoms with E-state index >= 15 is 0 Å². The van der Waals surface area contributed by atoms with E-state index in [4.69, 9.17) is 9.47 Å². The molecule has 2 aromatic carbocycles. The highest BCUT2D eigenvalue weighted by molar-refractivity contribution is 5.98. The second-order valence-electron chi connectivity index (χ2n) is 12.5. The standard InChI is InChI=1S/C35H45N3O4/c1-8-24(4)32(37-34(40)42-35(5,6)7)22-38(33(39)30-21-29(30)31-11-9-10-20-36-31)27-16-12-25(13-17-27)26-14-18-28(19-15-26)41-23(2)3/h9-20,23-24,29-30,32H,8,21-22H2,1-7H3,(H,37,40)/t24-,29+,30+,32+/m0/s1. The first-order valence-electron chi connectivity index (χ1n) is 15.0. The van der Waals surface area contributed by atoms with Gasteiger partial charge in [-0.3, -0.25) is 9.78 Å². The molecule has 0 spiro atoms. The lowest BCUT2D eigenvalue weighted by molar-refractivity contribution is -0.120. The van der Waals surface area contributed by atoms with Crippen LogP contribution in [-0.2, 0) is 9.53 Å². The van der Waals surface area contributed by atoms with E-state index < -0.39 is 11.7 Å². The van der Waals surface area contributed by atoms with Crippen LogP contribution in [0.3, 0.4) is 0 Å². The van der Waals surface area contributed by atoms with Crippen LogP contribution >= 0.6 is 0 Å². The number of hydrogen-bond donors (Lipinski definition) is 1. The zero-order valence-corrected chi connectivity index (χ0v) is 26.0. The molecular formula is C35H45N3O4. The number of anilines is 1. The lowest BCUT2D eigenvalue weighted by Crippen LogP contribution is -2.50. The largest absolute Gasteiger partial charge is 0.491 e. The van der Waals surface area contributed by atoms with Crippen molar-refractivity contribution in [1.82, 2.24) is 10.3 Å². The first kappa shape index (κ1) is 31.1. The highest BCUT2D eigenvalue weighted by atomic mass is 16.6. The first-order valence-corrected chi connectivity index (χ1v) is 15.0. The summed E-state index contributed by atoms with van der Waals surface area (Å²) in [5.74, 6) is 0.972. The van der Waals surface area contributed by atoms with Crippen molar-refractivity contribution >= 4 is 17.7 Å². The van der Waals surface area contributed by atoms with E-state index in [0.717, 1.165) is 41.1 Å². The number of pyridine rings is 1. The number of nitrogens with zero attached hydrogens (tertiary/aromatic N) is 2. The van der Waals surface area contributed by atoms with Crippen LogP contribution < -0.4 is 15.0 Å². The van der Waals surface area contributed by atoms with Gasteiger partial charge in [0.15, 0.2) is 0 Å². The summed E-state index contributed by atoms with van der Waals surface area (Å²) in [5.41, 5.74) is 3.25. The Kier molecular flexibility index (Phi) is 9.92. The van der Waals surface area contributed by atoms with Gasteiger partial charge in [0.25, 0.3) is 0 Å². The van der Waals surface area contributed by atoms with Gasteiger partial charge in [-0.1, -0.05) is 50.6 Å². The Morgan fingerprint density at radius 2 is 1.62 bits per heavy atom. The van der Waals surface area contributed by atoms with Gasteiger partial charge >= 0.3 is 6.09 Å². The molecule has 1 aliphatic rings. The van der Waals surface area contributed by atoms with Crippen molar-refractivity contribution in [3.63, 3.8) is 0 Å². The number of carbonyl (C=O) groups is 2. The van der Waals surface area contributed by atoms with Crippen LogP contribution in [0.1, 0.15) is 72.9 Å². The number of benzene rings is 2. The molecule has 2 amide bonds. The zero-order valence-electron chi connectivity index (χ0n) is 26.0. The predicted molar refractivity (Wildman–Crippen MR) is 168 cm³/mol. The zero-order chi connectivity index (χ0) is 30.4. The molecule has 0 unspecified atom stereocenters. The molecule has 7 nitrogen and oxygen atoms in total. The maximum absolute atomic E-state index is 14.1. The Morgan fingerprint density at radius 3 is 2.17 bits per heavy atom. The van der Waals surface area contributed by atoms with Crippen LogP contribution in [0.15, 0.2) is 72.9 Å². The van der Waals surface area contributed by atoms with Gasteiger partial charge in [-0.25, -0.2) is 4.79 Å². The van der Waals surface area contributed by atoms with E-state index in [9.17, 15) is 9.59 Å². The number of aromatic nitrogens is 1. The maximum Gasteiger partial charge on any atom is 0.407 e. The summed E-state index contributed by atoms with van der Waals surface area (Å²) >= 11 is 0. The third-order valence-electron chi connectivity index (χ3n) is 7.59. The lowest BCUT2D eigenvalue weighted by Gasteiger charge is -2.32. The molecule has 1 aliphatic carbocycles. The van der Waals surface area contributed by atoms with Crippen LogP contribution in [0.25, 0.3) is 11.1 Å². The SMILES string of the molecule is CC[C@H](C)[C@@H](CN(C(=O)[C@@H]1C[C@H]1c1ccccn1)c1ccc(-c2ccc(OC(C)C)cc2)cc1)NC(=O)OC(C)(C)C. The molecule has 1 saturated carbocycles. The van der Waals surface area contributed by atoms with Crippen LogP contribution in [0, 0.1) is 11.8 Å². The predicted octanol–water partition coefficient (Wildman–Crippen LogP) is 7.61. The van der Waals surface area contributed by atoms with Crippen molar-refractivity contribution in [3.05, 3.63) is 78.6 Å². The van der Waals surface area contributed by atoms with E-state index in [1.807, 2.05) is 106 Å². The first-order chi connectivity index (χ1) is 19.9. The molecule has 224 valence electrons. The Balaban J connectivity index is 1.59. The van der Waals surface area contributed by atoms with Crippen LogP contribution in [0.5, 0.6) is 5.75 Å². The maximum atomic E-state index is 14.1. The van der Waals surface area contributed by atoms with Crippen molar-refractivity contribution in [1.29, 1.82) is 0 Å². The normalized spacial score (nSPS) is 17.7. The molecule has 0 saturated heterocycles. The molecule has 1 fully saturated rings. The third kappa shape index (κ3) is 8.34. The average molecular weight is 572 g/mol. The summed E-state index contributed by atoms with van der Waals surface area (Å²) in [6, 6.07) is 21.6. The number of amides is 2. The van der Waals surface area contributed by atoms with E-state index in [-0.39, 0.29) is 35.8 Å². The number of alkyl carbamates (subject to hydrolysis) is 1. The third-order valence-corrected chi connectivity index (χ3v) is 7.59. The smallest absolute Gasteiger partial charge is 0.407 e.